The summed E-state index contributed by atoms with van der Waals surface area (Å²) in [5.74, 6) is 0.0180. The summed E-state index contributed by atoms with van der Waals surface area (Å²) >= 11 is 0. The number of aryl methyl sites for hydroxylation is 1. The lowest BCUT2D eigenvalue weighted by Gasteiger charge is -2.20. The van der Waals surface area contributed by atoms with E-state index in [1.165, 1.54) is 0 Å². The standard InChI is InChI=1S/C10H18N4O/c1-10(2,11)8-6-13-7-14(8)5-4-9(15)12-3/h6-7H,4-5,11H2,1-3H3,(H,12,15). The van der Waals surface area contributed by atoms with Gasteiger partial charge in [0.25, 0.3) is 0 Å². The number of hydrogen-bond donors (Lipinski definition) is 2. The number of nitrogens with zero attached hydrogens (tertiary/aromatic N) is 2. The van der Waals surface area contributed by atoms with Crippen LogP contribution in [0.4, 0.5) is 0 Å². The topological polar surface area (TPSA) is 72.9 Å². The normalized spacial score (nSPS) is 11.5. The Morgan fingerprint density at radius 2 is 2.33 bits per heavy atom. The molecule has 1 rings (SSSR count). The first-order chi connectivity index (χ1) is 6.95. The van der Waals surface area contributed by atoms with E-state index in [-0.39, 0.29) is 5.91 Å². The molecule has 0 aliphatic rings. The summed E-state index contributed by atoms with van der Waals surface area (Å²) < 4.78 is 1.91. The average Bonchev–Trinajstić information content (AvgIpc) is 2.61. The fourth-order valence-electron chi connectivity index (χ4n) is 1.38. The molecular weight excluding hydrogens is 192 g/mol. The minimum absolute atomic E-state index is 0.0180. The minimum Gasteiger partial charge on any atom is -0.359 e. The zero-order valence-electron chi connectivity index (χ0n) is 9.45. The maximum atomic E-state index is 11.1. The van der Waals surface area contributed by atoms with Crippen LogP contribution in [0.3, 0.4) is 0 Å². The van der Waals surface area contributed by atoms with Crippen molar-refractivity contribution in [3.8, 4) is 0 Å². The molecule has 0 atom stereocenters. The van der Waals surface area contributed by atoms with E-state index in [9.17, 15) is 4.79 Å². The molecule has 15 heavy (non-hydrogen) atoms. The van der Waals surface area contributed by atoms with E-state index in [2.05, 4.69) is 10.3 Å². The molecule has 1 aromatic rings. The maximum absolute atomic E-state index is 11.1. The van der Waals surface area contributed by atoms with E-state index in [0.717, 1.165) is 5.69 Å². The second kappa shape index (κ2) is 4.44. The molecule has 0 saturated heterocycles. The first-order valence-electron chi connectivity index (χ1n) is 4.95. The summed E-state index contributed by atoms with van der Waals surface area (Å²) in [6, 6.07) is 0. The van der Waals surface area contributed by atoms with Gasteiger partial charge in [0.2, 0.25) is 5.91 Å². The van der Waals surface area contributed by atoms with Crippen molar-refractivity contribution in [3.05, 3.63) is 18.2 Å². The third kappa shape index (κ3) is 3.06. The summed E-state index contributed by atoms with van der Waals surface area (Å²) in [7, 11) is 1.63. The highest BCUT2D eigenvalue weighted by Gasteiger charge is 2.18. The van der Waals surface area contributed by atoms with Crippen LogP contribution in [-0.2, 0) is 16.9 Å². The van der Waals surface area contributed by atoms with Crippen LogP contribution in [0.15, 0.2) is 12.5 Å². The molecule has 1 heterocycles. The highest BCUT2D eigenvalue weighted by Crippen LogP contribution is 2.16. The number of imidazole rings is 1. The molecule has 84 valence electrons. The van der Waals surface area contributed by atoms with Crippen molar-refractivity contribution >= 4 is 5.91 Å². The van der Waals surface area contributed by atoms with Crippen LogP contribution in [0.25, 0.3) is 0 Å². The van der Waals surface area contributed by atoms with Gasteiger partial charge in [0, 0.05) is 26.2 Å². The first-order valence-corrected chi connectivity index (χ1v) is 4.95. The molecule has 0 saturated carbocycles. The van der Waals surface area contributed by atoms with Gasteiger partial charge < -0.3 is 15.6 Å². The van der Waals surface area contributed by atoms with E-state index in [1.54, 1.807) is 19.6 Å². The van der Waals surface area contributed by atoms with Crippen molar-refractivity contribution < 1.29 is 4.79 Å². The molecule has 0 aromatic carbocycles. The summed E-state index contributed by atoms with van der Waals surface area (Å²) in [6.45, 7) is 4.44. The minimum atomic E-state index is -0.431. The molecule has 3 N–H and O–H groups in total. The molecule has 0 unspecified atom stereocenters. The number of carbonyl (C=O) groups excluding carboxylic acids is 1. The Kier molecular flexibility index (Phi) is 3.47. The SMILES string of the molecule is CNC(=O)CCn1cncc1C(C)(C)N. The van der Waals surface area contributed by atoms with Crippen molar-refractivity contribution in [1.82, 2.24) is 14.9 Å². The van der Waals surface area contributed by atoms with Gasteiger partial charge in [-0.25, -0.2) is 4.98 Å². The number of nitrogens with one attached hydrogen (secondary N) is 1. The number of nitrogens with two attached hydrogens (primary N) is 1. The summed E-state index contributed by atoms with van der Waals surface area (Å²) in [5.41, 5.74) is 6.48. The van der Waals surface area contributed by atoms with Gasteiger partial charge in [-0.3, -0.25) is 4.79 Å². The van der Waals surface area contributed by atoms with E-state index in [1.807, 2.05) is 18.4 Å². The molecule has 0 bridgehead atoms. The van der Waals surface area contributed by atoms with Gasteiger partial charge in [0.05, 0.1) is 17.6 Å². The number of amides is 1. The molecule has 0 aliphatic heterocycles. The van der Waals surface area contributed by atoms with Gasteiger partial charge >= 0.3 is 0 Å². The quantitative estimate of drug-likeness (QED) is 0.746. The molecule has 0 spiro atoms. The van der Waals surface area contributed by atoms with Crippen molar-refractivity contribution in [2.75, 3.05) is 7.05 Å². The highest BCUT2D eigenvalue weighted by atomic mass is 16.1. The van der Waals surface area contributed by atoms with E-state index < -0.39 is 5.54 Å². The van der Waals surface area contributed by atoms with Crippen LogP contribution < -0.4 is 11.1 Å². The second-order valence-corrected chi connectivity index (χ2v) is 4.12. The molecule has 0 aliphatic carbocycles. The van der Waals surface area contributed by atoms with Gasteiger partial charge in [-0.15, -0.1) is 0 Å². The van der Waals surface area contributed by atoms with Crippen molar-refractivity contribution in [3.63, 3.8) is 0 Å². The lowest BCUT2D eigenvalue weighted by molar-refractivity contribution is -0.120. The molecule has 0 radical (unpaired) electrons. The third-order valence-corrected chi connectivity index (χ3v) is 2.23. The first kappa shape index (κ1) is 11.7. The summed E-state index contributed by atoms with van der Waals surface area (Å²) in [5, 5.41) is 2.58. The number of aromatic nitrogens is 2. The van der Waals surface area contributed by atoms with Gasteiger partial charge in [-0.05, 0) is 13.8 Å². The lowest BCUT2D eigenvalue weighted by atomic mass is 10.0. The fraction of sp³-hybridized carbons (Fsp3) is 0.600. The Hall–Kier alpha value is -1.36. The Morgan fingerprint density at radius 3 is 2.87 bits per heavy atom. The van der Waals surface area contributed by atoms with Crippen LogP contribution in [-0.4, -0.2) is 22.5 Å². The summed E-state index contributed by atoms with van der Waals surface area (Å²) in [6.07, 6.45) is 3.88. The van der Waals surface area contributed by atoms with Crippen molar-refractivity contribution in [2.45, 2.75) is 32.4 Å². The van der Waals surface area contributed by atoms with Gasteiger partial charge in [-0.1, -0.05) is 0 Å². The van der Waals surface area contributed by atoms with E-state index in [0.29, 0.717) is 13.0 Å². The third-order valence-electron chi connectivity index (χ3n) is 2.23. The molecule has 1 amide bonds. The Bertz CT molecular complexity index is 337. The summed E-state index contributed by atoms with van der Waals surface area (Å²) in [4.78, 5) is 15.1. The van der Waals surface area contributed by atoms with Gasteiger partial charge in [0.1, 0.15) is 0 Å². The number of hydrogen-bond acceptors (Lipinski definition) is 3. The van der Waals surface area contributed by atoms with Crippen molar-refractivity contribution in [2.24, 2.45) is 5.73 Å². The monoisotopic (exact) mass is 210 g/mol. The van der Waals surface area contributed by atoms with Crippen LogP contribution in [0.5, 0.6) is 0 Å². The van der Waals surface area contributed by atoms with Crippen LogP contribution in [0, 0.1) is 0 Å². The zero-order valence-corrected chi connectivity index (χ0v) is 9.45. The van der Waals surface area contributed by atoms with E-state index in [4.69, 9.17) is 5.73 Å². The van der Waals surface area contributed by atoms with Crippen LogP contribution in [0.1, 0.15) is 26.0 Å². The average molecular weight is 210 g/mol. The molecule has 5 heteroatoms. The predicted octanol–water partition coefficient (Wildman–Crippen LogP) is 0.213. The lowest BCUT2D eigenvalue weighted by Crippen LogP contribution is -2.32. The fourth-order valence-corrected chi connectivity index (χ4v) is 1.38. The number of rotatable bonds is 4. The van der Waals surface area contributed by atoms with Crippen LogP contribution >= 0.6 is 0 Å². The predicted molar refractivity (Wildman–Crippen MR) is 58.1 cm³/mol. The van der Waals surface area contributed by atoms with Crippen molar-refractivity contribution in [1.29, 1.82) is 0 Å². The molecular formula is C10H18N4O. The second-order valence-electron chi connectivity index (χ2n) is 4.12. The number of carbonyl (C=O) groups is 1. The van der Waals surface area contributed by atoms with Gasteiger partial charge in [-0.2, -0.15) is 0 Å². The highest BCUT2D eigenvalue weighted by molar-refractivity contribution is 5.75. The Labute approximate surface area is 89.7 Å². The Balaban J connectivity index is 2.70. The van der Waals surface area contributed by atoms with E-state index >= 15 is 0 Å². The van der Waals surface area contributed by atoms with Crippen LogP contribution in [0.2, 0.25) is 0 Å². The largest absolute Gasteiger partial charge is 0.359 e. The molecule has 1 aromatic heterocycles. The maximum Gasteiger partial charge on any atom is 0.221 e. The molecule has 0 fully saturated rings. The zero-order chi connectivity index (χ0) is 11.5. The Morgan fingerprint density at radius 1 is 1.67 bits per heavy atom. The molecule has 5 nitrogen and oxygen atoms in total. The van der Waals surface area contributed by atoms with Gasteiger partial charge in [0.15, 0.2) is 0 Å². The smallest absolute Gasteiger partial charge is 0.221 e.